The van der Waals surface area contributed by atoms with Crippen LogP contribution in [0.15, 0.2) is 0 Å². The molecule has 0 N–H and O–H groups in total. The summed E-state index contributed by atoms with van der Waals surface area (Å²) < 4.78 is 0. The summed E-state index contributed by atoms with van der Waals surface area (Å²) in [7, 11) is 2.00. The van der Waals surface area contributed by atoms with E-state index in [-0.39, 0.29) is 0 Å². The molecule has 0 aliphatic heterocycles. The first-order chi connectivity index (χ1) is 7.22. The lowest BCUT2D eigenvalue weighted by Crippen LogP contribution is -2.22. The molecular formula is C9H19Cl4NS. The predicted molar refractivity (Wildman–Crippen MR) is 77.7 cm³/mol. The fourth-order valence-corrected chi connectivity index (χ4v) is 2.27. The lowest BCUT2D eigenvalue weighted by Gasteiger charge is -2.11. The van der Waals surface area contributed by atoms with E-state index < -0.39 is 0 Å². The number of alkyl halides is 4. The van der Waals surface area contributed by atoms with Crippen LogP contribution in [0.4, 0.5) is 0 Å². The molecule has 0 saturated carbocycles. The van der Waals surface area contributed by atoms with Crippen LogP contribution >= 0.6 is 58.2 Å². The topological polar surface area (TPSA) is 3.24 Å². The van der Waals surface area contributed by atoms with Crippen LogP contribution in [0.2, 0.25) is 0 Å². The zero-order valence-corrected chi connectivity index (χ0v) is 12.9. The lowest BCUT2D eigenvalue weighted by molar-refractivity contribution is 0.378. The largest absolute Gasteiger partial charge is 0.304 e. The second-order valence-corrected chi connectivity index (χ2v) is 5.41. The minimum Gasteiger partial charge on any atom is -0.304 e. The van der Waals surface area contributed by atoms with Crippen molar-refractivity contribution >= 4 is 58.2 Å². The Labute approximate surface area is 118 Å². The van der Waals surface area contributed by atoms with Crippen molar-refractivity contribution in [3.63, 3.8) is 0 Å². The van der Waals surface area contributed by atoms with Gasteiger partial charge in [0.2, 0.25) is 0 Å². The molecule has 0 aromatic carbocycles. The summed E-state index contributed by atoms with van der Waals surface area (Å²) in [6.07, 6.45) is 0. The number of hydrogen-bond acceptors (Lipinski definition) is 2. The van der Waals surface area contributed by atoms with E-state index in [1.54, 1.807) is 11.8 Å². The van der Waals surface area contributed by atoms with Crippen molar-refractivity contribution < 1.29 is 0 Å². The molecule has 0 aromatic rings. The molecule has 6 heteroatoms. The van der Waals surface area contributed by atoms with Crippen LogP contribution in [-0.2, 0) is 0 Å². The molecule has 0 heterocycles. The monoisotopic (exact) mass is 313 g/mol. The van der Waals surface area contributed by atoms with Crippen molar-refractivity contribution in [2.75, 3.05) is 55.2 Å². The molecule has 0 aliphatic rings. The Bertz CT molecular complexity index is 98.1. The summed E-state index contributed by atoms with van der Waals surface area (Å²) in [6, 6.07) is 0. The predicted octanol–water partition coefficient (Wildman–Crippen LogP) is 3.59. The summed E-state index contributed by atoms with van der Waals surface area (Å²) in [4.78, 5) is 2.10. The highest BCUT2D eigenvalue weighted by Gasteiger charge is 1.92. The third-order valence-corrected chi connectivity index (χ3v) is 3.53. The third kappa shape index (κ3) is 21.3. The van der Waals surface area contributed by atoms with Crippen molar-refractivity contribution in [3.05, 3.63) is 0 Å². The smallest absolute Gasteiger partial charge is 0.0351 e. The first-order valence-corrected chi connectivity index (χ1v) is 8.02. The Morgan fingerprint density at radius 1 is 0.800 bits per heavy atom. The molecule has 0 amide bonds. The highest BCUT2D eigenvalue weighted by molar-refractivity contribution is 7.99. The van der Waals surface area contributed by atoms with Gasteiger partial charge in [0.15, 0.2) is 0 Å². The SMILES string of the molecule is CN(CCCl)CCCl.ClCCSCCCl. The van der Waals surface area contributed by atoms with Crippen molar-refractivity contribution in [3.8, 4) is 0 Å². The van der Waals surface area contributed by atoms with E-state index in [2.05, 4.69) is 4.90 Å². The van der Waals surface area contributed by atoms with Crippen LogP contribution < -0.4 is 0 Å². The van der Waals surface area contributed by atoms with E-state index >= 15 is 0 Å². The number of rotatable bonds is 8. The summed E-state index contributed by atoms with van der Waals surface area (Å²) in [5, 5.41) is 0. The van der Waals surface area contributed by atoms with Crippen LogP contribution in [0.1, 0.15) is 0 Å². The zero-order chi connectivity index (χ0) is 11.9. The molecule has 15 heavy (non-hydrogen) atoms. The Kier molecular flexibility index (Phi) is 22.4. The van der Waals surface area contributed by atoms with E-state index in [0.717, 1.165) is 36.4 Å². The van der Waals surface area contributed by atoms with Gasteiger partial charge in [-0.25, -0.2) is 0 Å². The van der Waals surface area contributed by atoms with Crippen LogP contribution in [0.25, 0.3) is 0 Å². The van der Waals surface area contributed by atoms with Crippen molar-refractivity contribution in [2.24, 2.45) is 0 Å². The Hall–Kier alpha value is 1.47. The van der Waals surface area contributed by atoms with Crippen LogP contribution in [0, 0.1) is 0 Å². The summed E-state index contributed by atoms with van der Waals surface area (Å²) in [5.41, 5.74) is 0. The van der Waals surface area contributed by atoms with Gasteiger partial charge in [-0.3, -0.25) is 0 Å². The highest BCUT2D eigenvalue weighted by atomic mass is 35.5. The molecule has 0 aliphatic carbocycles. The average molecular weight is 315 g/mol. The van der Waals surface area contributed by atoms with Gasteiger partial charge >= 0.3 is 0 Å². The van der Waals surface area contributed by atoms with Gasteiger partial charge in [-0.05, 0) is 7.05 Å². The first-order valence-electron chi connectivity index (χ1n) is 4.73. The van der Waals surface area contributed by atoms with Gasteiger partial charge < -0.3 is 4.90 Å². The molecule has 0 fully saturated rings. The number of thioether (sulfide) groups is 1. The Balaban J connectivity index is 0. The van der Waals surface area contributed by atoms with Gasteiger partial charge in [-0.15, -0.1) is 46.4 Å². The molecule has 0 unspecified atom stereocenters. The van der Waals surface area contributed by atoms with E-state index in [9.17, 15) is 0 Å². The molecule has 0 radical (unpaired) electrons. The molecule has 0 saturated heterocycles. The average Bonchev–Trinajstić information content (AvgIpc) is 2.20. The molecule has 94 valence electrons. The molecule has 1 nitrogen and oxygen atoms in total. The summed E-state index contributed by atoms with van der Waals surface area (Å²) in [6.45, 7) is 1.85. The molecule has 0 aromatic heterocycles. The van der Waals surface area contributed by atoms with Crippen molar-refractivity contribution in [1.82, 2.24) is 4.90 Å². The van der Waals surface area contributed by atoms with Gasteiger partial charge in [0, 0.05) is 48.1 Å². The van der Waals surface area contributed by atoms with Crippen LogP contribution in [-0.4, -0.2) is 60.1 Å². The van der Waals surface area contributed by atoms with E-state index in [1.807, 2.05) is 7.05 Å². The van der Waals surface area contributed by atoms with Gasteiger partial charge in [0.05, 0.1) is 0 Å². The standard InChI is InChI=1S/C5H11Cl2N.C4H8Cl2S/c1-8(4-2-6)5-3-7;5-1-3-7-4-2-6/h2-5H2,1H3;1-4H2. The van der Waals surface area contributed by atoms with Gasteiger partial charge in [-0.1, -0.05) is 0 Å². The van der Waals surface area contributed by atoms with Gasteiger partial charge in [0.1, 0.15) is 0 Å². The van der Waals surface area contributed by atoms with Crippen molar-refractivity contribution in [1.29, 1.82) is 0 Å². The van der Waals surface area contributed by atoms with E-state index in [0.29, 0.717) is 11.8 Å². The number of nitrogens with zero attached hydrogens (tertiary/aromatic N) is 1. The molecule has 0 bridgehead atoms. The van der Waals surface area contributed by atoms with Crippen LogP contribution in [0.3, 0.4) is 0 Å². The maximum Gasteiger partial charge on any atom is 0.0351 e. The minimum absolute atomic E-state index is 0.688. The van der Waals surface area contributed by atoms with Gasteiger partial charge in [0.25, 0.3) is 0 Å². The van der Waals surface area contributed by atoms with E-state index in [1.165, 1.54) is 0 Å². The maximum atomic E-state index is 5.45. The molecule has 0 atom stereocenters. The second-order valence-electron chi connectivity index (χ2n) is 2.67. The maximum absolute atomic E-state index is 5.45. The van der Waals surface area contributed by atoms with Gasteiger partial charge in [-0.2, -0.15) is 11.8 Å². The van der Waals surface area contributed by atoms with E-state index in [4.69, 9.17) is 46.4 Å². The summed E-state index contributed by atoms with van der Waals surface area (Å²) in [5.74, 6) is 4.90. The third-order valence-electron chi connectivity index (χ3n) is 1.38. The van der Waals surface area contributed by atoms with Crippen LogP contribution in [0.5, 0.6) is 0 Å². The Morgan fingerprint density at radius 2 is 1.20 bits per heavy atom. The zero-order valence-electron chi connectivity index (χ0n) is 9.02. The fraction of sp³-hybridized carbons (Fsp3) is 1.00. The molecule has 0 rings (SSSR count). The highest BCUT2D eigenvalue weighted by Crippen LogP contribution is 1.99. The number of halogens is 4. The summed E-state index contributed by atoms with van der Waals surface area (Å²) >= 11 is 23.4. The van der Waals surface area contributed by atoms with Crippen molar-refractivity contribution in [2.45, 2.75) is 0 Å². The minimum atomic E-state index is 0.688. The first kappa shape index (κ1) is 18.8. The lowest BCUT2D eigenvalue weighted by atomic mass is 10.6. The quantitative estimate of drug-likeness (QED) is 0.497. The normalized spacial score (nSPS) is 10.0. The second kappa shape index (κ2) is 17.9. The molecule has 0 spiro atoms. The Morgan fingerprint density at radius 3 is 1.47 bits per heavy atom. The molecular weight excluding hydrogens is 296 g/mol. The fourth-order valence-electron chi connectivity index (χ4n) is 0.612. The number of hydrogen-bond donors (Lipinski definition) is 0.